The third-order valence-electron chi connectivity index (χ3n) is 15.4. The van der Waals surface area contributed by atoms with Crippen LogP contribution in [0.4, 0.5) is 0 Å². The Morgan fingerprint density at radius 1 is 0.262 bits per heavy atom. The van der Waals surface area contributed by atoms with Crippen LogP contribution >= 0.6 is 0 Å². The summed E-state index contributed by atoms with van der Waals surface area (Å²) < 4.78 is 7.15. The molecule has 65 heavy (non-hydrogen) atoms. The Kier molecular flexibility index (Phi) is 6.88. The van der Waals surface area contributed by atoms with E-state index in [0.29, 0.717) is 0 Å². The average Bonchev–Trinajstić information content (AvgIpc) is 3.84. The maximum Gasteiger partial charge on any atom is 0.140 e. The van der Waals surface area contributed by atoms with Crippen LogP contribution < -0.4 is 4.74 Å². The second-order valence-electron chi connectivity index (χ2n) is 18.1. The fourth-order valence-corrected chi connectivity index (χ4v) is 13.0. The second-order valence-corrected chi connectivity index (χ2v) is 18.1. The Morgan fingerprint density at radius 2 is 0.692 bits per heavy atom. The fourth-order valence-electron chi connectivity index (χ4n) is 13.0. The summed E-state index contributed by atoms with van der Waals surface area (Å²) in [6.07, 6.45) is 0. The minimum absolute atomic E-state index is 0.500. The van der Waals surface area contributed by atoms with Crippen molar-refractivity contribution < 1.29 is 4.74 Å². The van der Waals surface area contributed by atoms with Crippen LogP contribution in [0.1, 0.15) is 44.5 Å². The van der Waals surface area contributed by atoms with Crippen LogP contribution in [0.15, 0.2) is 231 Å². The normalized spacial score (nSPS) is 16.0. The van der Waals surface area contributed by atoms with Gasteiger partial charge in [-0.15, -0.1) is 0 Å². The first kappa shape index (κ1) is 35.2. The molecule has 0 aromatic heterocycles. The molecule has 1 unspecified atom stereocenters. The Labute approximate surface area is 377 Å². The van der Waals surface area contributed by atoms with Gasteiger partial charge in [-0.05, 0) is 117 Å². The molecule has 4 aliphatic rings. The van der Waals surface area contributed by atoms with Gasteiger partial charge in [0.05, 0.1) is 10.8 Å². The van der Waals surface area contributed by atoms with E-state index in [4.69, 9.17) is 4.74 Å². The minimum atomic E-state index is -0.587. The maximum atomic E-state index is 7.15. The van der Waals surface area contributed by atoms with Gasteiger partial charge in [0.15, 0.2) is 0 Å². The van der Waals surface area contributed by atoms with Gasteiger partial charge in [-0.2, -0.15) is 0 Å². The van der Waals surface area contributed by atoms with Crippen molar-refractivity contribution in [2.75, 3.05) is 0 Å². The molecular formula is C64H38O. The predicted octanol–water partition coefficient (Wildman–Crippen LogP) is 16.1. The standard InChI is InChI=1S/C64H38O/c1-2-21-41(50-38-58-62(48-26-4-3-22-42(48)50)65-59-37-14-13-34-55(59)63(58)51-30-9-5-23-43(51)44-24-6-10-31-52(44)63)40(20-1)46-29-17-36-57-61(46)49-27-8-12-33-54(49)64(57)53-32-11-7-25-45(53)47-28-15-18-39-19-16-35-56(64)60(39)47/h1-38H. The molecule has 300 valence electrons. The molecule has 0 amide bonds. The molecule has 11 aromatic carbocycles. The van der Waals surface area contributed by atoms with Crippen molar-refractivity contribution in [3.8, 4) is 67.1 Å². The van der Waals surface area contributed by atoms with Crippen molar-refractivity contribution >= 4 is 21.5 Å². The molecule has 0 N–H and O–H groups in total. The quantitative estimate of drug-likeness (QED) is 0.169. The summed E-state index contributed by atoms with van der Waals surface area (Å²) in [5.74, 6) is 1.83. The molecule has 1 atom stereocenters. The van der Waals surface area contributed by atoms with Crippen molar-refractivity contribution in [3.63, 3.8) is 0 Å². The number of rotatable bonds is 2. The molecule has 0 fully saturated rings. The summed E-state index contributed by atoms with van der Waals surface area (Å²) in [6, 6.07) is 86.3. The van der Waals surface area contributed by atoms with Crippen LogP contribution in [0.25, 0.3) is 77.2 Å². The lowest BCUT2D eigenvalue weighted by molar-refractivity contribution is 0.442. The third kappa shape index (κ3) is 4.24. The molecule has 0 radical (unpaired) electrons. The van der Waals surface area contributed by atoms with E-state index in [2.05, 4.69) is 231 Å². The zero-order valence-corrected chi connectivity index (χ0v) is 35.3. The molecule has 0 saturated carbocycles. The predicted molar refractivity (Wildman–Crippen MR) is 266 cm³/mol. The molecule has 3 aliphatic carbocycles. The Hall–Kier alpha value is -8.26. The highest BCUT2D eigenvalue weighted by Gasteiger charge is 2.53. The maximum absolute atomic E-state index is 7.15. The van der Waals surface area contributed by atoms with Gasteiger partial charge in [-0.3, -0.25) is 0 Å². The molecule has 0 bridgehead atoms. The smallest absolute Gasteiger partial charge is 0.140 e. The summed E-state index contributed by atoms with van der Waals surface area (Å²) in [4.78, 5) is 0. The van der Waals surface area contributed by atoms with Gasteiger partial charge in [-0.1, -0.05) is 218 Å². The average molecular weight is 823 g/mol. The van der Waals surface area contributed by atoms with E-state index in [1.807, 2.05) is 0 Å². The lowest BCUT2D eigenvalue weighted by Gasteiger charge is -2.40. The van der Waals surface area contributed by atoms with Crippen LogP contribution in [0.2, 0.25) is 0 Å². The molecule has 1 heterocycles. The Morgan fingerprint density at radius 3 is 1.38 bits per heavy atom. The lowest BCUT2D eigenvalue weighted by Crippen LogP contribution is -2.32. The summed E-state index contributed by atoms with van der Waals surface area (Å²) in [6.45, 7) is 0. The number of hydrogen-bond acceptors (Lipinski definition) is 1. The molecule has 1 heteroatoms. The van der Waals surface area contributed by atoms with E-state index < -0.39 is 10.8 Å². The van der Waals surface area contributed by atoms with Crippen LogP contribution in [0, 0.1) is 0 Å². The van der Waals surface area contributed by atoms with Crippen LogP contribution in [0.3, 0.4) is 0 Å². The van der Waals surface area contributed by atoms with E-state index in [0.717, 1.165) is 16.9 Å². The number of fused-ring (bicyclic) bond motifs is 20. The molecule has 15 rings (SSSR count). The minimum Gasteiger partial charge on any atom is -0.456 e. The van der Waals surface area contributed by atoms with Gasteiger partial charge in [0.2, 0.25) is 0 Å². The van der Waals surface area contributed by atoms with E-state index in [-0.39, 0.29) is 0 Å². The SMILES string of the molecule is c1ccc2c(c1)Oc1c(cc(-c3ccccc3-c3cccc4c3-c3ccccc3C43c4ccccc4-c4cccc5cccc3c45)c3ccccc13)C21c2ccccc2-c2ccccc21. The first-order valence-electron chi connectivity index (χ1n) is 22.8. The topological polar surface area (TPSA) is 9.23 Å². The highest BCUT2D eigenvalue weighted by atomic mass is 16.5. The first-order chi connectivity index (χ1) is 32.3. The zero-order chi connectivity index (χ0) is 42.4. The molecule has 0 saturated heterocycles. The van der Waals surface area contributed by atoms with Crippen LogP contribution in [-0.2, 0) is 10.8 Å². The fraction of sp³-hybridized carbons (Fsp3) is 0.0312. The van der Waals surface area contributed by atoms with Crippen molar-refractivity contribution in [3.05, 3.63) is 275 Å². The molecular weight excluding hydrogens is 785 g/mol. The van der Waals surface area contributed by atoms with Gasteiger partial charge in [0.25, 0.3) is 0 Å². The summed E-state index contributed by atoms with van der Waals surface area (Å²) in [7, 11) is 0. The van der Waals surface area contributed by atoms with E-state index in [1.54, 1.807) is 0 Å². The van der Waals surface area contributed by atoms with Gasteiger partial charge in [-0.25, -0.2) is 0 Å². The van der Waals surface area contributed by atoms with Crippen molar-refractivity contribution in [1.29, 1.82) is 0 Å². The van der Waals surface area contributed by atoms with Crippen LogP contribution in [-0.4, -0.2) is 0 Å². The summed E-state index contributed by atoms with van der Waals surface area (Å²) in [5.41, 5.74) is 21.8. The number of benzene rings is 11. The largest absolute Gasteiger partial charge is 0.456 e. The molecule has 1 nitrogen and oxygen atoms in total. The van der Waals surface area contributed by atoms with Crippen molar-refractivity contribution in [2.24, 2.45) is 0 Å². The Balaban J connectivity index is 1.04. The van der Waals surface area contributed by atoms with Gasteiger partial charge in [0.1, 0.15) is 11.5 Å². The third-order valence-corrected chi connectivity index (χ3v) is 15.4. The monoisotopic (exact) mass is 822 g/mol. The highest BCUT2D eigenvalue weighted by molar-refractivity contribution is 6.10. The van der Waals surface area contributed by atoms with Gasteiger partial charge < -0.3 is 4.74 Å². The van der Waals surface area contributed by atoms with Crippen molar-refractivity contribution in [2.45, 2.75) is 10.8 Å². The van der Waals surface area contributed by atoms with Crippen molar-refractivity contribution in [1.82, 2.24) is 0 Å². The molecule has 2 spiro atoms. The van der Waals surface area contributed by atoms with Gasteiger partial charge in [0, 0.05) is 16.5 Å². The summed E-state index contributed by atoms with van der Waals surface area (Å²) in [5, 5.41) is 4.90. The number of ether oxygens (including phenoxy) is 1. The highest BCUT2D eigenvalue weighted by Crippen LogP contribution is 2.66. The Bertz CT molecular complexity index is 3840. The molecule has 1 aliphatic heterocycles. The zero-order valence-electron chi connectivity index (χ0n) is 35.3. The van der Waals surface area contributed by atoms with E-state index in [9.17, 15) is 0 Å². The second kappa shape index (κ2) is 12.7. The van der Waals surface area contributed by atoms with E-state index in [1.165, 1.54) is 116 Å². The number of para-hydroxylation sites is 1. The molecule has 11 aromatic rings. The number of hydrogen-bond donors (Lipinski definition) is 0. The first-order valence-corrected chi connectivity index (χ1v) is 22.8. The van der Waals surface area contributed by atoms with Crippen LogP contribution in [0.5, 0.6) is 11.5 Å². The summed E-state index contributed by atoms with van der Waals surface area (Å²) >= 11 is 0. The lowest BCUT2D eigenvalue weighted by atomic mass is 9.61. The van der Waals surface area contributed by atoms with E-state index >= 15 is 0 Å². The van der Waals surface area contributed by atoms with Gasteiger partial charge >= 0.3 is 0 Å².